The van der Waals surface area contributed by atoms with Crippen LogP contribution >= 0.6 is 11.6 Å². The predicted molar refractivity (Wildman–Crippen MR) is 51.1 cm³/mol. The van der Waals surface area contributed by atoms with Crippen LogP contribution in [0.25, 0.3) is 6.08 Å². The monoisotopic (exact) mass is 198 g/mol. The zero-order valence-electron chi connectivity index (χ0n) is 7.05. The standard InChI is InChI=1S/C10H8ClFO/c1-7(6-13)4-8-2-3-10(12)9(11)5-8/h2-6H,1H3/b7-4-. The molecule has 0 spiro atoms. The number of hydrogen-bond donors (Lipinski definition) is 0. The third kappa shape index (κ3) is 2.67. The van der Waals surface area contributed by atoms with Gasteiger partial charge in [-0.15, -0.1) is 0 Å². The molecule has 0 radical (unpaired) electrons. The van der Waals surface area contributed by atoms with Crippen LogP contribution in [0, 0.1) is 5.82 Å². The Hall–Kier alpha value is -1.15. The molecule has 0 fully saturated rings. The molecule has 3 heteroatoms. The number of carbonyl (C=O) groups excluding carboxylic acids is 1. The van der Waals surface area contributed by atoms with E-state index in [1.54, 1.807) is 19.1 Å². The molecule has 0 N–H and O–H groups in total. The molecular weight excluding hydrogens is 191 g/mol. The minimum absolute atomic E-state index is 0.0625. The van der Waals surface area contributed by atoms with E-state index >= 15 is 0 Å². The lowest BCUT2D eigenvalue weighted by atomic mass is 10.1. The SMILES string of the molecule is C/C(C=O)=C/c1ccc(F)c(Cl)c1. The van der Waals surface area contributed by atoms with Crippen molar-refractivity contribution in [2.75, 3.05) is 0 Å². The van der Waals surface area contributed by atoms with Crippen molar-refractivity contribution < 1.29 is 9.18 Å². The zero-order valence-corrected chi connectivity index (χ0v) is 7.81. The Bertz CT molecular complexity index is 358. The van der Waals surface area contributed by atoms with Gasteiger partial charge >= 0.3 is 0 Å². The average Bonchev–Trinajstić information content (AvgIpc) is 2.11. The van der Waals surface area contributed by atoms with Gasteiger partial charge < -0.3 is 0 Å². The van der Waals surface area contributed by atoms with Gasteiger partial charge in [-0.3, -0.25) is 4.79 Å². The Morgan fingerprint density at radius 2 is 2.23 bits per heavy atom. The first-order chi connectivity index (χ1) is 6.13. The maximum absolute atomic E-state index is 12.7. The number of benzene rings is 1. The van der Waals surface area contributed by atoms with Crippen LogP contribution in [-0.4, -0.2) is 6.29 Å². The normalized spacial score (nSPS) is 11.5. The van der Waals surface area contributed by atoms with Gasteiger partial charge in [0.05, 0.1) is 5.02 Å². The third-order valence-electron chi connectivity index (χ3n) is 1.52. The maximum Gasteiger partial charge on any atom is 0.145 e. The van der Waals surface area contributed by atoms with Gasteiger partial charge in [0.2, 0.25) is 0 Å². The molecule has 1 nitrogen and oxygen atoms in total. The second-order valence-corrected chi connectivity index (χ2v) is 3.09. The summed E-state index contributed by atoms with van der Waals surface area (Å²) in [6.07, 6.45) is 2.37. The molecule has 1 rings (SSSR count). The first kappa shape index (κ1) is 9.93. The number of rotatable bonds is 2. The Kier molecular flexibility index (Phi) is 3.20. The topological polar surface area (TPSA) is 17.1 Å². The van der Waals surface area contributed by atoms with Gasteiger partial charge in [0.1, 0.15) is 12.1 Å². The van der Waals surface area contributed by atoms with E-state index in [1.165, 1.54) is 12.1 Å². The van der Waals surface area contributed by atoms with Crippen LogP contribution in [0.4, 0.5) is 4.39 Å². The summed E-state index contributed by atoms with van der Waals surface area (Å²) in [5, 5.41) is 0.0625. The van der Waals surface area contributed by atoms with E-state index in [4.69, 9.17) is 11.6 Å². The molecule has 0 amide bonds. The molecular formula is C10H8ClFO. The Labute approximate surface area is 80.8 Å². The van der Waals surface area contributed by atoms with Gasteiger partial charge in [-0.05, 0) is 36.3 Å². The van der Waals surface area contributed by atoms with Gasteiger partial charge in [0, 0.05) is 0 Å². The summed E-state index contributed by atoms with van der Waals surface area (Å²) in [5.41, 5.74) is 1.29. The first-order valence-corrected chi connectivity index (χ1v) is 4.10. The van der Waals surface area contributed by atoms with Crippen LogP contribution in [0.2, 0.25) is 5.02 Å². The molecule has 0 aromatic heterocycles. The van der Waals surface area contributed by atoms with Crippen molar-refractivity contribution >= 4 is 24.0 Å². The number of carbonyl (C=O) groups is 1. The minimum Gasteiger partial charge on any atom is -0.298 e. The van der Waals surface area contributed by atoms with Crippen LogP contribution in [0.5, 0.6) is 0 Å². The van der Waals surface area contributed by atoms with Crippen molar-refractivity contribution in [1.82, 2.24) is 0 Å². The third-order valence-corrected chi connectivity index (χ3v) is 1.81. The predicted octanol–water partition coefficient (Wildman–Crippen LogP) is 3.08. The zero-order chi connectivity index (χ0) is 9.84. The van der Waals surface area contributed by atoms with Crippen molar-refractivity contribution in [2.24, 2.45) is 0 Å². The molecule has 1 aromatic rings. The molecule has 0 aliphatic heterocycles. The lowest BCUT2D eigenvalue weighted by Crippen LogP contribution is -1.81. The van der Waals surface area contributed by atoms with E-state index in [1.807, 2.05) is 0 Å². The molecule has 0 bridgehead atoms. The molecule has 0 aliphatic carbocycles. The fourth-order valence-corrected chi connectivity index (χ4v) is 1.09. The smallest absolute Gasteiger partial charge is 0.145 e. The van der Waals surface area contributed by atoms with Crippen molar-refractivity contribution in [2.45, 2.75) is 6.92 Å². The minimum atomic E-state index is -0.456. The second-order valence-electron chi connectivity index (χ2n) is 2.68. The Morgan fingerprint density at radius 1 is 1.54 bits per heavy atom. The number of allylic oxidation sites excluding steroid dienone is 1. The summed E-state index contributed by atoms with van der Waals surface area (Å²) in [7, 11) is 0. The summed E-state index contributed by atoms with van der Waals surface area (Å²) in [6.45, 7) is 1.67. The number of hydrogen-bond acceptors (Lipinski definition) is 1. The molecule has 0 saturated carbocycles. The second kappa shape index (κ2) is 4.19. The summed E-state index contributed by atoms with van der Waals surface area (Å²) in [5.74, 6) is -0.456. The lowest BCUT2D eigenvalue weighted by Gasteiger charge is -1.96. The maximum atomic E-state index is 12.7. The van der Waals surface area contributed by atoms with Gasteiger partial charge in [0.15, 0.2) is 0 Å². The summed E-state index contributed by atoms with van der Waals surface area (Å²) in [6, 6.07) is 4.31. The molecule has 0 unspecified atom stereocenters. The van der Waals surface area contributed by atoms with E-state index < -0.39 is 5.82 Å². The van der Waals surface area contributed by atoms with Gasteiger partial charge in [-0.2, -0.15) is 0 Å². The van der Waals surface area contributed by atoms with Crippen molar-refractivity contribution in [3.63, 3.8) is 0 Å². The van der Waals surface area contributed by atoms with Crippen LogP contribution in [-0.2, 0) is 4.79 Å². The van der Waals surface area contributed by atoms with E-state index in [0.29, 0.717) is 5.57 Å². The van der Waals surface area contributed by atoms with Crippen LogP contribution in [0.3, 0.4) is 0 Å². The quantitative estimate of drug-likeness (QED) is 0.527. The van der Waals surface area contributed by atoms with Crippen LogP contribution in [0.15, 0.2) is 23.8 Å². The van der Waals surface area contributed by atoms with E-state index in [0.717, 1.165) is 11.8 Å². The molecule has 0 saturated heterocycles. The summed E-state index contributed by atoms with van der Waals surface area (Å²) < 4.78 is 12.7. The van der Waals surface area contributed by atoms with Crippen LogP contribution in [0.1, 0.15) is 12.5 Å². The number of halogens is 2. The molecule has 0 atom stereocenters. The van der Waals surface area contributed by atoms with Crippen LogP contribution < -0.4 is 0 Å². The largest absolute Gasteiger partial charge is 0.298 e. The van der Waals surface area contributed by atoms with E-state index in [2.05, 4.69) is 0 Å². The lowest BCUT2D eigenvalue weighted by molar-refractivity contribution is -0.104. The number of aldehydes is 1. The highest BCUT2D eigenvalue weighted by Crippen LogP contribution is 2.17. The van der Waals surface area contributed by atoms with Crippen molar-refractivity contribution in [3.8, 4) is 0 Å². The van der Waals surface area contributed by atoms with Crippen molar-refractivity contribution in [1.29, 1.82) is 0 Å². The molecule has 1 aromatic carbocycles. The average molecular weight is 199 g/mol. The fourth-order valence-electron chi connectivity index (χ4n) is 0.899. The highest BCUT2D eigenvalue weighted by molar-refractivity contribution is 6.30. The summed E-state index contributed by atoms with van der Waals surface area (Å²) >= 11 is 5.55. The first-order valence-electron chi connectivity index (χ1n) is 3.72. The Balaban J connectivity index is 3.04. The highest BCUT2D eigenvalue weighted by atomic mass is 35.5. The Morgan fingerprint density at radius 3 is 2.77 bits per heavy atom. The molecule has 0 heterocycles. The van der Waals surface area contributed by atoms with Gasteiger partial charge in [-0.25, -0.2) is 4.39 Å². The highest BCUT2D eigenvalue weighted by Gasteiger charge is 1.98. The molecule has 0 aliphatic rings. The fraction of sp³-hybridized carbons (Fsp3) is 0.100. The summed E-state index contributed by atoms with van der Waals surface area (Å²) in [4.78, 5) is 10.3. The van der Waals surface area contributed by atoms with Crippen molar-refractivity contribution in [3.05, 3.63) is 40.2 Å². The molecule has 13 heavy (non-hydrogen) atoms. The van der Waals surface area contributed by atoms with Gasteiger partial charge in [-0.1, -0.05) is 17.7 Å². The van der Waals surface area contributed by atoms with Gasteiger partial charge in [0.25, 0.3) is 0 Å². The molecule has 68 valence electrons. The van der Waals surface area contributed by atoms with E-state index in [-0.39, 0.29) is 5.02 Å². The van der Waals surface area contributed by atoms with E-state index in [9.17, 15) is 9.18 Å².